The van der Waals surface area contributed by atoms with Gasteiger partial charge in [0.25, 0.3) is 0 Å². The summed E-state index contributed by atoms with van der Waals surface area (Å²) in [6, 6.07) is 10.3. The number of esters is 1. The zero-order valence-corrected chi connectivity index (χ0v) is 16.8. The number of ether oxygens (including phenoxy) is 1. The monoisotopic (exact) mass is 401 g/mol. The molecule has 2 bridgehead atoms. The third-order valence-electron chi connectivity index (χ3n) is 6.60. The molecule has 1 aromatic heterocycles. The highest BCUT2D eigenvalue weighted by molar-refractivity contribution is 6.01. The lowest BCUT2D eigenvalue weighted by Crippen LogP contribution is -2.46. The Balaban J connectivity index is 1.75. The fraction of sp³-hybridized carbons (Fsp3) is 0.364. The molecule has 150 valence electrons. The maximum absolute atomic E-state index is 13.6. The number of carbonyl (C=O) groups is 2. The number of aromatic nitrogens is 2. The number of methoxy groups -OCH3 is 1. The van der Waals surface area contributed by atoms with E-state index in [4.69, 9.17) is 4.74 Å². The molecule has 1 N–H and O–H groups in total. The topological polar surface area (TPSA) is 129 Å². The first kappa shape index (κ1) is 19.5. The van der Waals surface area contributed by atoms with Crippen LogP contribution in [0, 0.1) is 28.1 Å². The third-order valence-corrected chi connectivity index (χ3v) is 6.60. The van der Waals surface area contributed by atoms with Crippen LogP contribution in [-0.4, -0.2) is 29.0 Å². The number of anilines is 1. The van der Waals surface area contributed by atoms with Crippen molar-refractivity contribution < 1.29 is 14.3 Å². The van der Waals surface area contributed by atoms with Gasteiger partial charge in [0, 0.05) is 11.6 Å². The summed E-state index contributed by atoms with van der Waals surface area (Å²) >= 11 is 0. The molecular formula is C22H19N5O3. The van der Waals surface area contributed by atoms with Gasteiger partial charge >= 0.3 is 5.97 Å². The van der Waals surface area contributed by atoms with Crippen LogP contribution in [0.1, 0.15) is 65.7 Å². The fourth-order valence-corrected chi connectivity index (χ4v) is 4.96. The van der Waals surface area contributed by atoms with Gasteiger partial charge in [-0.2, -0.15) is 10.5 Å². The number of nitriles is 2. The second kappa shape index (κ2) is 6.64. The fourth-order valence-electron chi connectivity index (χ4n) is 4.96. The predicted octanol–water partition coefficient (Wildman–Crippen LogP) is 2.80. The molecule has 1 amide bonds. The minimum Gasteiger partial charge on any atom is -0.465 e. The zero-order valence-electron chi connectivity index (χ0n) is 16.8. The Morgan fingerprint density at radius 3 is 2.37 bits per heavy atom. The molecule has 30 heavy (non-hydrogen) atoms. The molecule has 1 fully saturated rings. The van der Waals surface area contributed by atoms with Crippen LogP contribution in [0.15, 0.2) is 24.3 Å². The van der Waals surface area contributed by atoms with Crippen molar-refractivity contribution >= 4 is 17.6 Å². The van der Waals surface area contributed by atoms with Gasteiger partial charge in [0.15, 0.2) is 11.4 Å². The smallest absolute Gasteiger partial charge is 0.337 e. The van der Waals surface area contributed by atoms with Gasteiger partial charge in [-0.1, -0.05) is 13.8 Å². The highest BCUT2D eigenvalue weighted by Gasteiger charge is 2.68. The minimum absolute atomic E-state index is 0.00597. The first-order valence-electron chi connectivity index (χ1n) is 9.52. The summed E-state index contributed by atoms with van der Waals surface area (Å²) in [7, 11) is 1.31. The Morgan fingerprint density at radius 1 is 1.13 bits per heavy atom. The van der Waals surface area contributed by atoms with Crippen molar-refractivity contribution in [3.05, 3.63) is 52.6 Å². The van der Waals surface area contributed by atoms with Crippen molar-refractivity contribution in [2.45, 2.75) is 38.0 Å². The van der Waals surface area contributed by atoms with Crippen molar-refractivity contribution in [1.29, 1.82) is 10.5 Å². The number of nitrogens with one attached hydrogen (secondary N) is 1. The van der Waals surface area contributed by atoms with E-state index in [1.54, 1.807) is 24.3 Å². The van der Waals surface area contributed by atoms with Gasteiger partial charge < -0.3 is 10.1 Å². The van der Waals surface area contributed by atoms with Crippen LogP contribution in [0.2, 0.25) is 0 Å². The summed E-state index contributed by atoms with van der Waals surface area (Å²) in [6.45, 7) is 4.01. The van der Waals surface area contributed by atoms with E-state index < -0.39 is 16.8 Å². The van der Waals surface area contributed by atoms with Crippen LogP contribution >= 0.6 is 0 Å². The van der Waals surface area contributed by atoms with E-state index in [1.807, 2.05) is 26.0 Å². The van der Waals surface area contributed by atoms with Crippen molar-refractivity contribution in [2.75, 3.05) is 12.4 Å². The van der Waals surface area contributed by atoms with Gasteiger partial charge in [-0.15, -0.1) is 0 Å². The lowest BCUT2D eigenvalue weighted by Gasteiger charge is -2.36. The van der Waals surface area contributed by atoms with E-state index in [1.165, 1.54) is 7.11 Å². The molecule has 1 aromatic carbocycles. The molecule has 1 heterocycles. The first-order valence-corrected chi connectivity index (χ1v) is 9.52. The Bertz CT molecular complexity index is 1160. The number of hydrogen-bond acceptors (Lipinski definition) is 7. The van der Waals surface area contributed by atoms with Crippen molar-refractivity contribution in [3.8, 4) is 12.1 Å². The van der Waals surface area contributed by atoms with Crippen LogP contribution in [0.5, 0.6) is 0 Å². The second-order valence-electron chi connectivity index (χ2n) is 8.12. The maximum atomic E-state index is 13.6. The van der Waals surface area contributed by atoms with Crippen molar-refractivity contribution in [1.82, 2.24) is 9.97 Å². The Labute approximate surface area is 173 Å². The molecule has 0 radical (unpaired) electrons. The van der Waals surface area contributed by atoms with Crippen LogP contribution in [0.3, 0.4) is 0 Å². The molecule has 0 saturated heterocycles. The van der Waals surface area contributed by atoms with Gasteiger partial charge in [0.05, 0.1) is 29.5 Å². The van der Waals surface area contributed by atoms with E-state index in [0.717, 1.165) is 6.42 Å². The Morgan fingerprint density at radius 2 is 1.77 bits per heavy atom. The largest absolute Gasteiger partial charge is 0.465 e. The summed E-state index contributed by atoms with van der Waals surface area (Å²) in [5.41, 5.74) is 0.544. The molecule has 4 rings (SSSR count). The second-order valence-corrected chi connectivity index (χ2v) is 8.12. The molecule has 1 saturated carbocycles. The average molecular weight is 401 g/mol. The van der Waals surface area contributed by atoms with Crippen molar-refractivity contribution in [3.63, 3.8) is 0 Å². The average Bonchev–Trinajstić information content (AvgIpc) is 3.13. The highest BCUT2D eigenvalue weighted by atomic mass is 16.5. The quantitative estimate of drug-likeness (QED) is 0.783. The van der Waals surface area contributed by atoms with E-state index in [-0.39, 0.29) is 23.2 Å². The zero-order chi connectivity index (χ0) is 21.7. The summed E-state index contributed by atoms with van der Waals surface area (Å²) in [4.78, 5) is 34.1. The Hall–Kier alpha value is -3.78. The molecule has 2 atom stereocenters. The van der Waals surface area contributed by atoms with Gasteiger partial charge in [-0.3, -0.25) is 4.79 Å². The molecule has 8 heteroatoms. The third kappa shape index (κ3) is 2.44. The SMILES string of the molecule is COC(=O)c1ccc(NC(=O)C23CCC(c4nc(C#N)c(C#N)nc42)C3(C)C)cc1. The molecule has 8 nitrogen and oxygen atoms in total. The van der Waals surface area contributed by atoms with Gasteiger partial charge in [0.2, 0.25) is 5.91 Å². The molecule has 0 aliphatic heterocycles. The lowest BCUT2D eigenvalue weighted by molar-refractivity contribution is -0.124. The summed E-state index contributed by atoms with van der Waals surface area (Å²) in [5, 5.41) is 21.6. The lowest BCUT2D eigenvalue weighted by atomic mass is 9.67. The highest BCUT2D eigenvalue weighted by Crippen LogP contribution is 2.67. The summed E-state index contributed by atoms with van der Waals surface area (Å²) < 4.78 is 4.69. The first-order chi connectivity index (χ1) is 14.3. The molecule has 2 aliphatic rings. The Kier molecular flexibility index (Phi) is 4.32. The number of carbonyl (C=O) groups excluding carboxylic acids is 2. The number of fused-ring (bicyclic) bond motifs is 5. The van der Waals surface area contributed by atoms with E-state index in [2.05, 4.69) is 15.3 Å². The van der Waals surface area contributed by atoms with Gasteiger partial charge in [-0.05, 0) is 42.5 Å². The summed E-state index contributed by atoms with van der Waals surface area (Å²) in [6.07, 6.45) is 1.33. The predicted molar refractivity (Wildman–Crippen MR) is 105 cm³/mol. The van der Waals surface area contributed by atoms with Crippen LogP contribution in [0.25, 0.3) is 0 Å². The molecule has 0 spiro atoms. The molecule has 2 unspecified atom stereocenters. The molecule has 2 aromatic rings. The number of amides is 1. The minimum atomic E-state index is -0.958. The molecule has 2 aliphatic carbocycles. The van der Waals surface area contributed by atoms with Crippen LogP contribution in [-0.2, 0) is 14.9 Å². The number of rotatable bonds is 3. The number of nitrogens with zero attached hydrogens (tertiary/aromatic N) is 4. The van der Waals surface area contributed by atoms with E-state index in [0.29, 0.717) is 29.1 Å². The van der Waals surface area contributed by atoms with E-state index >= 15 is 0 Å². The van der Waals surface area contributed by atoms with Crippen LogP contribution < -0.4 is 5.32 Å². The van der Waals surface area contributed by atoms with Crippen molar-refractivity contribution in [2.24, 2.45) is 5.41 Å². The van der Waals surface area contributed by atoms with Gasteiger partial charge in [0.1, 0.15) is 12.1 Å². The molecular weight excluding hydrogens is 382 g/mol. The normalized spacial score (nSPS) is 22.5. The maximum Gasteiger partial charge on any atom is 0.337 e. The van der Waals surface area contributed by atoms with Crippen LogP contribution in [0.4, 0.5) is 5.69 Å². The van der Waals surface area contributed by atoms with Gasteiger partial charge in [-0.25, -0.2) is 14.8 Å². The number of benzene rings is 1. The van der Waals surface area contributed by atoms with E-state index in [9.17, 15) is 20.1 Å². The number of hydrogen-bond donors (Lipinski definition) is 1. The standard InChI is InChI=1S/C22H19N5O3/c1-21(2)14-8-9-22(21,18-17(14)26-15(10-23)16(11-24)27-18)20(29)25-13-6-4-12(5-7-13)19(28)30-3/h4-7,14H,8-9H2,1-3H3,(H,25,29). The summed E-state index contributed by atoms with van der Waals surface area (Å²) in [5.74, 6) is -0.710.